The molecular weight excluding hydrogens is 214 g/mol. The van der Waals surface area contributed by atoms with Crippen LogP contribution in [0.3, 0.4) is 0 Å². The number of pyridine rings is 1. The van der Waals surface area contributed by atoms with Crippen molar-refractivity contribution in [1.82, 2.24) is 9.88 Å². The van der Waals surface area contributed by atoms with Crippen LogP contribution in [-0.2, 0) is 6.54 Å². The lowest BCUT2D eigenvalue weighted by atomic mass is 10.2. The number of anilines is 1. The summed E-state index contributed by atoms with van der Waals surface area (Å²) in [5, 5.41) is 12.4. The van der Waals surface area contributed by atoms with Crippen molar-refractivity contribution in [2.24, 2.45) is 0 Å². The number of rotatable bonds is 7. The largest absolute Gasteiger partial charge is 0.395 e. The van der Waals surface area contributed by atoms with Gasteiger partial charge in [-0.25, -0.2) is 4.98 Å². The summed E-state index contributed by atoms with van der Waals surface area (Å²) in [6, 6.07) is 4.75. The molecule has 0 unspecified atom stereocenters. The van der Waals surface area contributed by atoms with Crippen molar-refractivity contribution in [1.29, 1.82) is 0 Å². The number of hydrogen-bond acceptors (Lipinski definition) is 4. The predicted molar refractivity (Wildman–Crippen MR) is 68.9 cm³/mol. The van der Waals surface area contributed by atoms with Gasteiger partial charge < -0.3 is 10.4 Å². The van der Waals surface area contributed by atoms with Crippen LogP contribution < -0.4 is 5.32 Å². The molecule has 17 heavy (non-hydrogen) atoms. The number of hydrogen-bond donors (Lipinski definition) is 2. The third kappa shape index (κ3) is 3.41. The molecule has 2 rings (SSSR count). The molecule has 1 aromatic heterocycles. The molecule has 2 N–H and O–H groups in total. The van der Waals surface area contributed by atoms with E-state index in [1.54, 1.807) is 0 Å². The third-order valence-corrected chi connectivity index (χ3v) is 3.06. The molecule has 94 valence electrons. The van der Waals surface area contributed by atoms with Crippen LogP contribution in [0.15, 0.2) is 18.3 Å². The summed E-state index contributed by atoms with van der Waals surface area (Å²) in [4.78, 5) is 6.71. The Bertz CT molecular complexity index is 352. The molecule has 1 aromatic rings. The van der Waals surface area contributed by atoms with Gasteiger partial charge in [-0.15, -0.1) is 0 Å². The zero-order valence-corrected chi connectivity index (χ0v) is 10.4. The van der Waals surface area contributed by atoms with E-state index in [2.05, 4.69) is 28.2 Å². The Morgan fingerprint density at radius 2 is 2.35 bits per heavy atom. The van der Waals surface area contributed by atoms with E-state index in [0.717, 1.165) is 25.5 Å². The molecule has 0 atom stereocenters. The van der Waals surface area contributed by atoms with Crippen LogP contribution in [0.25, 0.3) is 0 Å². The van der Waals surface area contributed by atoms with Gasteiger partial charge in [0.25, 0.3) is 0 Å². The van der Waals surface area contributed by atoms with Gasteiger partial charge in [0.15, 0.2) is 0 Å². The molecule has 1 aliphatic carbocycles. The number of aromatic nitrogens is 1. The minimum atomic E-state index is 0.229. The summed E-state index contributed by atoms with van der Waals surface area (Å²) in [6.45, 7) is 4.82. The van der Waals surface area contributed by atoms with Crippen molar-refractivity contribution >= 4 is 5.82 Å². The van der Waals surface area contributed by atoms with Crippen LogP contribution >= 0.6 is 0 Å². The Kier molecular flexibility index (Phi) is 4.34. The second kappa shape index (κ2) is 5.98. The number of aliphatic hydroxyl groups is 1. The minimum Gasteiger partial charge on any atom is -0.395 e. The van der Waals surface area contributed by atoms with E-state index >= 15 is 0 Å². The van der Waals surface area contributed by atoms with E-state index < -0.39 is 0 Å². The van der Waals surface area contributed by atoms with Gasteiger partial charge in [-0.2, -0.15) is 0 Å². The summed E-state index contributed by atoms with van der Waals surface area (Å²) in [5.74, 6) is 0.971. The fourth-order valence-electron chi connectivity index (χ4n) is 2.07. The zero-order valence-electron chi connectivity index (χ0n) is 10.4. The summed E-state index contributed by atoms with van der Waals surface area (Å²) in [6.07, 6.45) is 4.34. The minimum absolute atomic E-state index is 0.229. The molecule has 4 heteroatoms. The third-order valence-electron chi connectivity index (χ3n) is 3.06. The Morgan fingerprint density at radius 3 is 3.00 bits per heavy atom. The van der Waals surface area contributed by atoms with E-state index in [1.807, 2.05) is 12.3 Å². The first kappa shape index (κ1) is 12.3. The molecule has 0 spiro atoms. The van der Waals surface area contributed by atoms with E-state index in [4.69, 9.17) is 5.11 Å². The fraction of sp³-hybridized carbons (Fsp3) is 0.615. The predicted octanol–water partition coefficient (Wildman–Crippen LogP) is 1.47. The highest BCUT2D eigenvalue weighted by Gasteiger charge is 2.28. The lowest BCUT2D eigenvalue weighted by Gasteiger charge is -2.22. The standard InChI is InChI=1S/C13H21N3O/c1-2-14-13-11(4-3-7-15-13)10-16(8-9-17)12-5-6-12/h3-4,7,12,17H,2,5-6,8-10H2,1H3,(H,14,15). The highest BCUT2D eigenvalue weighted by molar-refractivity contribution is 5.43. The molecule has 0 radical (unpaired) electrons. The van der Waals surface area contributed by atoms with E-state index in [-0.39, 0.29) is 6.61 Å². The maximum absolute atomic E-state index is 9.09. The molecule has 0 saturated heterocycles. The van der Waals surface area contributed by atoms with Gasteiger partial charge >= 0.3 is 0 Å². The van der Waals surface area contributed by atoms with Gasteiger partial charge in [0.05, 0.1) is 6.61 Å². The molecule has 4 nitrogen and oxygen atoms in total. The number of nitrogens with one attached hydrogen (secondary N) is 1. The smallest absolute Gasteiger partial charge is 0.130 e. The Labute approximate surface area is 103 Å². The van der Waals surface area contributed by atoms with Crippen molar-refractivity contribution in [3.05, 3.63) is 23.9 Å². The van der Waals surface area contributed by atoms with Crippen LogP contribution in [0, 0.1) is 0 Å². The van der Waals surface area contributed by atoms with Gasteiger partial charge in [0, 0.05) is 37.4 Å². The van der Waals surface area contributed by atoms with Crippen LogP contribution in [0.4, 0.5) is 5.82 Å². The van der Waals surface area contributed by atoms with Crippen LogP contribution in [0.1, 0.15) is 25.3 Å². The Hall–Kier alpha value is -1.13. The van der Waals surface area contributed by atoms with E-state index in [1.165, 1.54) is 18.4 Å². The molecule has 1 saturated carbocycles. The van der Waals surface area contributed by atoms with Gasteiger partial charge in [-0.05, 0) is 25.8 Å². The highest BCUT2D eigenvalue weighted by atomic mass is 16.3. The van der Waals surface area contributed by atoms with Crippen molar-refractivity contribution in [2.75, 3.05) is 25.0 Å². The summed E-state index contributed by atoms with van der Waals surface area (Å²) >= 11 is 0. The monoisotopic (exact) mass is 235 g/mol. The highest BCUT2D eigenvalue weighted by Crippen LogP contribution is 2.28. The Balaban J connectivity index is 2.04. The van der Waals surface area contributed by atoms with Gasteiger partial charge in [-0.3, -0.25) is 4.90 Å². The lowest BCUT2D eigenvalue weighted by Crippen LogP contribution is -2.29. The van der Waals surface area contributed by atoms with E-state index in [9.17, 15) is 0 Å². The van der Waals surface area contributed by atoms with Crippen molar-refractivity contribution in [3.8, 4) is 0 Å². The van der Waals surface area contributed by atoms with Crippen molar-refractivity contribution in [2.45, 2.75) is 32.4 Å². The second-order valence-corrected chi connectivity index (χ2v) is 4.47. The zero-order chi connectivity index (χ0) is 12.1. The average molecular weight is 235 g/mol. The maximum Gasteiger partial charge on any atom is 0.130 e. The Morgan fingerprint density at radius 1 is 1.53 bits per heavy atom. The number of aliphatic hydroxyl groups excluding tert-OH is 1. The maximum atomic E-state index is 9.09. The first-order valence-corrected chi connectivity index (χ1v) is 6.37. The quantitative estimate of drug-likeness (QED) is 0.751. The topological polar surface area (TPSA) is 48.4 Å². The van der Waals surface area contributed by atoms with Crippen molar-refractivity contribution in [3.63, 3.8) is 0 Å². The summed E-state index contributed by atoms with van der Waals surface area (Å²) < 4.78 is 0. The fourth-order valence-corrected chi connectivity index (χ4v) is 2.07. The van der Waals surface area contributed by atoms with Gasteiger partial charge in [0.2, 0.25) is 0 Å². The first-order chi connectivity index (χ1) is 8.35. The molecule has 1 heterocycles. The molecule has 0 bridgehead atoms. The van der Waals surface area contributed by atoms with Gasteiger partial charge in [0.1, 0.15) is 5.82 Å². The van der Waals surface area contributed by atoms with Crippen LogP contribution in [0.2, 0.25) is 0 Å². The second-order valence-electron chi connectivity index (χ2n) is 4.47. The molecular formula is C13H21N3O. The first-order valence-electron chi connectivity index (χ1n) is 6.37. The average Bonchev–Trinajstić information content (AvgIpc) is 3.15. The van der Waals surface area contributed by atoms with Crippen molar-refractivity contribution < 1.29 is 5.11 Å². The molecule has 0 amide bonds. The van der Waals surface area contributed by atoms with Crippen LogP contribution in [-0.4, -0.2) is 40.7 Å². The summed E-state index contributed by atoms with van der Waals surface area (Å²) in [5.41, 5.74) is 1.22. The molecule has 0 aromatic carbocycles. The molecule has 1 aliphatic rings. The normalized spacial score (nSPS) is 15.2. The van der Waals surface area contributed by atoms with Gasteiger partial charge in [-0.1, -0.05) is 6.07 Å². The number of nitrogens with zero attached hydrogens (tertiary/aromatic N) is 2. The van der Waals surface area contributed by atoms with Crippen LogP contribution in [0.5, 0.6) is 0 Å². The van der Waals surface area contributed by atoms with E-state index in [0.29, 0.717) is 6.04 Å². The lowest BCUT2D eigenvalue weighted by molar-refractivity contribution is 0.183. The molecule has 0 aliphatic heterocycles. The summed E-state index contributed by atoms with van der Waals surface area (Å²) in [7, 11) is 0. The molecule has 1 fully saturated rings. The SMILES string of the molecule is CCNc1ncccc1CN(CCO)C1CC1.